The van der Waals surface area contributed by atoms with Crippen molar-refractivity contribution in [2.45, 2.75) is 32.2 Å². The van der Waals surface area contributed by atoms with Crippen LogP contribution in [-0.4, -0.2) is 15.0 Å². The molecule has 1 heterocycles. The Morgan fingerprint density at radius 2 is 2.42 bits per heavy atom. The molecule has 1 saturated carbocycles. The predicted molar refractivity (Wildman–Crippen MR) is 42.3 cm³/mol. The van der Waals surface area contributed by atoms with Crippen molar-refractivity contribution in [2.75, 3.05) is 0 Å². The topological polar surface area (TPSA) is 54.5 Å². The molecule has 1 aromatic heterocycles. The van der Waals surface area contributed by atoms with Crippen molar-refractivity contribution < 1.29 is 0 Å². The Morgan fingerprint density at radius 1 is 1.67 bits per heavy atom. The molecular weight excluding hydrogens is 152 g/mol. The van der Waals surface area contributed by atoms with E-state index in [4.69, 9.17) is 5.26 Å². The Hall–Kier alpha value is -1.37. The molecule has 0 radical (unpaired) electrons. The molecule has 0 saturated heterocycles. The first kappa shape index (κ1) is 7.29. The van der Waals surface area contributed by atoms with Gasteiger partial charge in [-0.25, -0.2) is 4.68 Å². The Bertz CT molecular complexity index is 329. The fourth-order valence-electron chi connectivity index (χ4n) is 1.28. The van der Waals surface area contributed by atoms with Crippen molar-refractivity contribution in [3.63, 3.8) is 0 Å². The summed E-state index contributed by atoms with van der Waals surface area (Å²) in [5.41, 5.74) is 1.88. The Balaban J connectivity index is 2.28. The maximum atomic E-state index is 8.48. The molecule has 4 heteroatoms. The second-order valence-corrected chi connectivity index (χ2v) is 3.13. The molecule has 0 atom stereocenters. The van der Waals surface area contributed by atoms with Gasteiger partial charge in [0.25, 0.3) is 0 Å². The van der Waals surface area contributed by atoms with Crippen LogP contribution < -0.4 is 0 Å². The number of nitriles is 1. The summed E-state index contributed by atoms with van der Waals surface area (Å²) in [5.74, 6) is 0. The van der Waals surface area contributed by atoms with E-state index in [1.165, 1.54) is 12.8 Å². The molecule has 1 fully saturated rings. The lowest BCUT2D eigenvalue weighted by Gasteiger charge is -1.97. The lowest BCUT2D eigenvalue weighted by atomic mass is 10.3. The minimum absolute atomic E-state index is 0.374. The fraction of sp³-hybridized carbons (Fsp3) is 0.625. The lowest BCUT2D eigenvalue weighted by Crippen LogP contribution is -1.99. The van der Waals surface area contributed by atoms with Crippen molar-refractivity contribution in [3.05, 3.63) is 11.4 Å². The van der Waals surface area contributed by atoms with E-state index in [0.717, 1.165) is 11.4 Å². The minimum Gasteiger partial charge on any atom is -0.246 e. The average molecular weight is 162 g/mol. The van der Waals surface area contributed by atoms with Gasteiger partial charge in [-0.15, -0.1) is 5.10 Å². The van der Waals surface area contributed by atoms with E-state index in [1.807, 2.05) is 11.6 Å². The van der Waals surface area contributed by atoms with Gasteiger partial charge in [0, 0.05) is 0 Å². The quantitative estimate of drug-likeness (QED) is 0.651. The standard InChI is InChI=1S/C8H10N4/c1-6-8(4-5-9)10-11-12(6)7-2-3-7/h7H,2-4H2,1H3. The Kier molecular flexibility index (Phi) is 1.58. The molecular formula is C8H10N4. The molecule has 0 spiro atoms. The highest BCUT2D eigenvalue weighted by molar-refractivity contribution is 5.13. The van der Waals surface area contributed by atoms with Gasteiger partial charge in [0.05, 0.1) is 29.9 Å². The van der Waals surface area contributed by atoms with E-state index >= 15 is 0 Å². The van der Waals surface area contributed by atoms with Crippen molar-refractivity contribution in [2.24, 2.45) is 0 Å². The van der Waals surface area contributed by atoms with Crippen LogP contribution in [-0.2, 0) is 6.42 Å². The van der Waals surface area contributed by atoms with Crippen LogP contribution in [0.3, 0.4) is 0 Å². The maximum Gasteiger partial charge on any atom is 0.0996 e. The lowest BCUT2D eigenvalue weighted by molar-refractivity contribution is 0.595. The zero-order chi connectivity index (χ0) is 8.55. The first-order valence-corrected chi connectivity index (χ1v) is 4.10. The summed E-state index contributed by atoms with van der Waals surface area (Å²) < 4.78 is 1.94. The smallest absolute Gasteiger partial charge is 0.0996 e. The first-order valence-electron chi connectivity index (χ1n) is 4.10. The van der Waals surface area contributed by atoms with Crippen molar-refractivity contribution >= 4 is 0 Å². The largest absolute Gasteiger partial charge is 0.246 e. The van der Waals surface area contributed by atoms with Crippen LogP contribution in [0.1, 0.15) is 30.3 Å². The van der Waals surface area contributed by atoms with Gasteiger partial charge < -0.3 is 0 Å². The van der Waals surface area contributed by atoms with E-state index in [0.29, 0.717) is 12.5 Å². The van der Waals surface area contributed by atoms with Crippen LogP contribution in [0.2, 0.25) is 0 Å². The second kappa shape index (κ2) is 2.59. The molecule has 4 nitrogen and oxygen atoms in total. The summed E-state index contributed by atoms with van der Waals surface area (Å²) in [6, 6.07) is 2.64. The van der Waals surface area contributed by atoms with Crippen LogP contribution >= 0.6 is 0 Å². The molecule has 0 aliphatic heterocycles. The third-order valence-corrected chi connectivity index (χ3v) is 2.16. The molecule has 12 heavy (non-hydrogen) atoms. The van der Waals surface area contributed by atoms with Crippen LogP contribution in [0.4, 0.5) is 0 Å². The van der Waals surface area contributed by atoms with Gasteiger partial charge in [-0.05, 0) is 19.8 Å². The fourth-order valence-corrected chi connectivity index (χ4v) is 1.28. The van der Waals surface area contributed by atoms with Crippen LogP contribution in [0.15, 0.2) is 0 Å². The SMILES string of the molecule is Cc1c(CC#N)nnn1C1CC1. The number of rotatable bonds is 2. The summed E-state index contributed by atoms with van der Waals surface area (Å²) in [6.45, 7) is 1.98. The van der Waals surface area contributed by atoms with E-state index in [-0.39, 0.29) is 0 Å². The van der Waals surface area contributed by atoms with E-state index in [2.05, 4.69) is 16.4 Å². The van der Waals surface area contributed by atoms with Crippen LogP contribution in [0.25, 0.3) is 0 Å². The highest BCUT2D eigenvalue weighted by atomic mass is 15.4. The number of aromatic nitrogens is 3. The first-order chi connectivity index (χ1) is 5.83. The van der Waals surface area contributed by atoms with E-state index in [9.17, 15) is 0 Å². The van der Waals surface area contributed by atoms with Gasteiger partial charge in [0.2, 0.25) is 0 Å². The maximum absolute atomic E-state index is 8.48. The van der Waals surface area contributed by atoms with Crippen molar-refractivity contribution in [1.82, 2.24) is 15.0 Å². The third-order valence-electron chi connectivity index (χ3n) is 2.16. The average Bonchev–Trinajstić information content (AvgIpc) is 2.82. The van der Waals surface area contributed by atoms with Crippen LogP contribution in [0.5, 0.6) is 0 Å². The van der Waals surface area contributed by atoms with Gasteiger partial charge in [-0.3, -0.25) is 0 Å². The van der Waals surface area contributed by atoms with Gasteiger partial charge in [0.15, 0.2) is 0 Å². The highest BCUT2D eigenvalue weighted by Crippen LogP contribution is 2.35. The number of hydrogen-bond donors (Lipinski definition) is 0. The normalized spacial score (nSPS) is 16.0. The minimum atomic E-state index is 0.374. The van der Waals surface area contributed by atoms with Crippen molar-refractivity contribution in [3.8, 4) is 6.07 Å². The molecule has 1 aromatic rings. The van der Waals surface area contributed by atoms with E-state index < -0.39 is 0 Å². The number of nitrogens with zero attached hydrogens (tertiary/aromatic N) is 4. The second-order valence-electron chi connectivity index (χ2n) is 3.13. The number of hydrogen-bond acceptors (Lipinski definition) is 3. The van der Waals surface area contributed by atoms with E-state index in [1.54, 1.807) is 0 Å². The zero-order valence-corrected chi connectivity index (χ0v) is 6.99. The highest BCUT2D eigenvalue weighted by Gasteiger charge is 2.27. The summed E-state index contributed by atoms with van der Waals surface area (Å²) in [7, 11) is 0. The van der Waals surface area contributed by atoms with Crippen molar-refractivity contribution in [1.29, 1.82) is 5.26 Å². The molecule has 1 aliphatic carbocycles. The van der Waals surface area contributed by atoms with Gasteiger partial charge in [-0.2, -0.15) is 5.26 Å². The molecule has 0 unspecified atom stereocenters. The Morgan fingerprint density at radius 3 is 3.00 bits per heavy atom. The molecule has 0 N–H and O–H groups in total. The molecule has 0 aromatic carbocycles. The molecule has 1 aliphatic rings. The van der Waals surface area contributed by atoms with Gasteiger partial charge in [0.1, 0.15) is 0 Å². The summed E-state index contributed by atoms with van der Waals surface area (Å²) in [4.78, 5) is 0. The van der Waals surface area contributed by atoms with Gasteiger partial charge >= 0.3 is 0 Å². The summed E-state index contributed by atoms with van der Waals surface area (Å²) in [6.07, 6.45) is 2.78. The predicted octanol–water partition coefficient (Wildman–Crippen LogP) is 0.987. The monoisotopic (exact) mass is 162 g/mol. The zero-order valence-electron chi connectivity index (χ0n) is 6.99. The van der Waals surface area contributed by atoms with Gasteiger partial charge in [-0.1, -0.05) is 5.21 Å². The summed E-state index contributed by atoms with van der Waals surface area (Å²) in [5, 5.41) is 16.4. The molecule has 62 valence electrons. The van der Waals surface area contributed by atoms with Crippen LogP contribution in [0, 0.1) is 18.3 Å². The summed E-state index contributed by atoms with van der Waals surface area (Å²) >= 11 is 0. The molecule has 2 rings (SSSR count). The molecule has 0 bridgehead atoms. The Labute approximate surface area is 70.8 Å². The molecule has 0 amide bonds. The third kappa shape index (κ3) is 1.07.